The molecule has 1 aliphatic heterocycles. The first-order valence-corrected chi connectivity index (χ1v) is 14.2. The zero-order valence-electron chi connectivity index (χ0n) is 23.8. The second kappa shape index (κ2) is 11.3. The molecule has 2 fully saturated rings. The van der Waals surface area contributed by atoms with Crippen LogP contribution in [0.5, 0.6) is 0 Å². The van der Waals surface area contributed by atoms with Crippen molar-refractivity contribution in [2.45, 2.75) is 90.2 Å². The van der Waals surface area contributed by atoms with Crippen LogP contribution in [0.3, 0.4) is 0 Å². The highest BCUT2D eigenvalue weighted by Crippen LogP contribution is 2.32. The number of aldehydes is 1. The van der Waals surface area contributed by atoms with Gasteiger partial charge in [-0.15, -0.1) is 0 Å². The third-order valence-electron chi connectivity index (χ3n) is 7.95. The Bertz CT molecular complexity index is 1450. The zero-order chi connectivity index (χ0) is 28.4. The first-order chi connectivity index (χ1) is 19.1. The molecule has 0 bridgehead atoms. The molecule has 1 N–H and O–H groups in total. The molecular formula is C30H38N6O4. The summed E-state index contributed by atoms with van der Waals surface area (Å²) in [6.45, 7) is 8.80. The highest BCUT2D eigenvalue weighted by molar-refractivity contribution is 5.81. The van der Waals surface area contributed by atoms with E-state index in [4.69, 9.17) is 9.72 Å². The second-order valence-electron chi connectivity index (χ2n) is 11.9. The lowest BCUT2D eigenvalue weighted by Crippen LogP contribution is -2.41. The Kier molecular flexibility index (Phi) is 7.87. The average molecular weight is 547 g/mol. The minimum atomic E-state index is -0.498. The summed E-state index contributed by atoms with van der Waals surface area (Å²) in [5, 5.41) is 3.98. The van der Waals surface area contributed by atoms with Crippen molar-refractivity contribution in [1.82, 2.24) is 24.4 Å². The zero-order valence-corrected chi connectivity index (χ0v) is 23.8. The molecule has 3 aromatic rings. The van der Waals surface area contributed by atoms with Crippen LogP contribution in [0.2, 0.25) is 0 Å². The molecule has 212 valence electrons. The standard InChI is InChI=1S/C30H38N6O4/c1-19-23(13-16-37)27(38)36(22-7-5-6-8-22)26-24(19)18-32-28(34-26)33-25-10-9-21(17-31-25)20-11-14-35(15-12-20)29(39)40-30(2,3)4/h9-10,16-18,20,22H,5-8,11-15H2,1-4H3,(H,31,32,33,34). The normalized spacial score (nSPS) is 16.9. The van der Waals surface area contributed by atoms with Gasteiger partial charge >= 0.3 is 6.09 Å². The van der Waals surface area contributed by atoms with Crippen molar-refractivity contribution >= 4 is 35.2 Å². The largest absolute Gasteiger partial charge is 0.444 e. The number of ether oxygens (including phenoxy) is 1. The molecule has 10 heteroatoms. The summed E-state index contributed by atoms with van der Waals surface area (Å²) in [5.74, 6) is 1.30. The Labute approximate surface area is 234 Å². The summed E-state index contributed by atoms with van der Waals surface area (Å²) in [7, 11) is 0. The molecule has 0 radical (unpaired) electrons. The smallest absolute Gasteiger partial charge is 0.410 e. The third kappa shape index (κ3) is 5.85. The fourth-order valence-corrected chi connectivity index (χ4v) is 5.83. The quantitative estimate of drug-likeness (QED) is 0.419. The summed E-state index contributed by atoms with van der Waals surface area (Å²) in [4.78, 5) is 52.8. The van der Waals surface area contributed by atoms with E-state index in [9.17, 15) is 14.4 Å². The molecule has 40 heavy (non-hydrogen) atoms. The molecule has 0 atom stereocenters. The third-order valence-corrected chi connectivity index (χ3v) is 7.95. The molecule has 3 aromatic heterocycles. The van der Waals surface area contributed by atoms with Crippen molar-refractivity contribution in [2.24, 2.45) is 0 Å². The number of nitrogens with zero attached hydrogens (tertiary/aromatic N) is 5. The van der Waals surface area contributed by atoms with E-state index in [1.807, 2.05) is 40.0 Å². The molecule has 1 amide bonds. The lowest BCUT2D eigenvalue weighted by atomic mass is 9.90. The van der Waals surface area contributed by atoms with E-state index in [-0.39, 0.29) is 24.1 Å². The highest BCUT2D eigenvalue weighted by atomic mass is 16.6. The summed E-state index contributed by atoms with van der Waals surface area (Å²) < 4.78 is 7.28. The number of amides is 1. The summed E-state index contributed by atoms with van der Waals surface area (Å²) in [6.07, 6.45) is 9.90. The number of carbonyl (C=O) groups is 2. The molecule has 0 unspecified atom stereocenters. The van der Waals surface area contributed by atoms with E-state index in [1.54, 1.807) is 15.7 Å². The molecule has 2 aliphatic rings. The van der Waals surface area contributed by atoms with Gasteiger partial charge in [0.15, 0.2) is 0 Å². The minimum Gasteiger partial charge on any atom is -0.444 e. The van der Waals surface area contributed by atoms with Crippen molar-refractivity contribution in [3.05, 3.63) is 51.6 Å². The fraction of sp³-hybridized carbons (Fsp3) is 0.533. The van der Waals surface area contributed by atoms with Crippen LogP contribution in [0, 0.1) is 6.92 Å². The van der Waals surface area contributed by atoms with Crippen LogP contribution in [-0.2, 0) is 16.0 Å². The van der Waals surface area contributed by atoms with Crippen LogP contribution in [0.1, 0.15) is 87.9 Å². The monoisotopic (exact) mass is 546 g/mol. The molecule has 0 spiro atoms. The van der Waals surface area contributed by atoms with Crippen LogP contribution >= 0.6 is 0 Å². The topological polar surface area (TPSA) is 119 Å². The fourth-order valence-electron chi connectivity index (χ4n) is 5.83. The summed E-state index contributed by atoms with van der Waals surface area (Å²) in [6, 6.07) is 4.03. The van der Waals surface area contributed by atoms with Gasteiger partial charge in [-0.2, -0.15) is 4.98 Å². The van der Waals surface area contributed by atoms with Crippen molar-refractivity contribution in [2.75, 3.05) is 18.4 Å². The Morgan fingerprint density at radius 3 is 2.45 bits per heavy atom. The number of anilines is 2. The average Bonchev–Trinajstić information content (AvgIpc) is 3.45. The van der Waals surface area contributed by atoms with Crippen LogP contribution in [0.15, 0.2) is 29.3 Å². The first kappa shape index (κ1) is 27.7. The number of aryl methyl sites for hydroxylation is 1. The van der Waals surface area contributed by atoms with Gasteiger partial charge < -0.3 is 19.7 Å². The molecule has 0 aromatic carbocycles. The van der Waals surface area contributed by atoms with Gasteiger partial charge in [0.25, 0.3) is 5.56 Å². The van der Waals surface area contributed by atoms with Gasteiger partial charge in [-0.25, -0.2) is 14.8 Å². The van der Waals surface area contributed by atoms with Gasteiger partial charge in [-0.3, -0.25) is 9.36 Å². The van der Waals surface area contributed by atoms with Crippen LogP contribution in [0.4, 0.5) is 16.6 Å². The predicted molar refractivity (Wildman–Crippen MR) is 153 cm³/mol. The van der Waals surface area contributed by atoms with E-state index in [2.05, 4.69) is 21.4 Å². The van der Waals surface area contributed by atoms with Crippen LogP contribution in [-0.4, -0.2) is 55.5 Å². The number of carbonyl (C=O) groups excluding carboxylic acids is 2. The summed E-state index contributed by atoms with van der Waals surface area (Å²) >= 11 is 0. The molecule has 10 nitrogen and oxygen atoms in total. The van der Waals surface area contributed by atoms with Gasteiger partial charge in [0, 0.05) is 48.9 Å². The van der Waals surface area contributed by atoms with Gasteiger partial charge in [-0.05, 0) is 76.5 Å². The van der Waals surface area contributed by atoms with Gasteiger partial charge in [-0.1, -0.05) is 18.9 Å². The van der Waals surface area contributed by atoms with Crippen LogP contribution in [0.25, 0.3) is 11.0 Å². The van der Waals surface area contributed by atoms with Crippen molar-refractivity contribution < 1.29 is 14.3 Å². The van der Waals surface area contributed by atoms with E-state index in [0.717, 1.165) is 61.3 Å². The van der Waals surface area contributed by atoms with Crippen LogP contribution < -0.4 is 10.9 Å². The van der Waals surface area contributed by atoms with Gasteiger partial charge in [0.1, 0.15) is 23.4 Å². The second-order valence-corrected chi connectivity index (χ2v) is 11.9. The molecular weight excluding hydrogens is 508 g/mol. The predicted octanol–water partition coefficient (Wildman–Crippen LogP) is 5.21. The molecule has 1 aliphatic carbocycles. The minimum absolute atomic E-state index is 0.0721. The van der Waals surface area contributed by atoms with Crippen molar-refractivity contribution in [3.63, 3.8) is 0 Å². The van der Waals surface area contributed by atoms with E-state index in [0.29, 0.717) is 42.0 Å². The molecule has 4 heterocycles. The number of piperidine rings is 1. The van der Waals surface area contributed by atoms with E-state index < -0.39 is 5.60 Å². The Balaban J connectivity index is 1.32. The van der Waals surface area contributed by atoms with E-state index in [1.165, 1.54) is 0 Å². The lowest BCUT2D eigenvalue weighted by molar-refractivity contribution is -0.107. The Morgan fingerprint density at radius 2 is 1.82 bits per heavy atom. The number of hydrogen-bond acceptors (Lipinski definition) is 8. The number of rotatable bonds is 6. The van der Waals surface area contributed by atoms with Crippen molar-refractivity contribution in [1.29, 1.82) is 0 Å². The van der Waals surface area contributed by atoms with E-state index >= 15 is 0 Å². The maximum atomic E-state index is 13.4. The van der Waals surface area contributed by atoms with Gasteiger partial charge in [0.05, 0.1) is 0 Å². The number of likely N-dealkylation sites (tertiary alicyclic amines) is 1. The van der Waals surface area contributed by atoms with Gasteiger partial charge in [0.2, 0.25) is 5.95 Å². The Hall–Kier alpha value is -3.82. The maximum absolute atomic E-state index is 13.4. The number of aromatic nitrogens is 4. The number of fused-ring (bicyclic) bond motifs is 1. The summed E-state index contributed by atoms with van der Waals surface area (Å²) in [5.41, 5.74) is 2.37. The maximum Gasteiger partial charge on any atom is 0.410 e. The number of nitrogens with one attached hydrogen (secondary N) is 1. The number of hydrogen-bond donors (Lipinski definition) is 1. The lowest BCUT2D eigenvalue weighted by Gasteiger charge is -2.33. The molecule has 5 rings (SSSR count). The molecule has 1 saturated heterocycles. The Morgan fingerprint density at radius 1 is 1.10 bits per heavy atom. The van der Waals surface area contributed by atoms with Crippen molar-refractivity contribution in [3.8, 4) is 0 Å². The highest BCUT2D eigenvalue weighted by Gasteiger charge is 2.28. The number of pyridine rings is 2. The SMILES string of the molecule is Cc1c(CC=O)c(=O)n(C2CCCC2)c2nc(Nc3ccc(C4CCN(C(=O)OC(C)(C)C)CC4)cn3)ncc12. The first-order valence-electron chi connectivity index (χ1n) is 14.2. The molecule has 1 saturated carbocycles.